The number of aryl methyl sites for hydroxylation is 2. The first-order valence-corrected chi connectivity index (χ1v) is 8.35. The molecular formula is C23H24. The molecule has 3 rings (SSSR count). The van der Waals surface area contributed by atoms with Crippen molar-refractivity contribution < 1.29 is 0 Å². The van der Waals surface area contributed by atoms with Crippen LogP contribution < -0.4 is 0 Å². The molecule has 0 radical (unpaired) electrons. The van der Waals surface area contributed by atoms with Crippen LogP contribution in [0.15, 0.2) is 72.8 Å². The molecule has 1 atom stereocenters. The van der Waals surface area contributed by atoms with Crippen molar-refractivity contribution in [3.63, 3.8) is 0 Å². The Kier molecular flexibility index (Phi) is 4.62. The van der Waals surface area contributed by atoms with Gasteiger partial charge < -0.3 is 0 Å². The summed E-state index contributed by atoms with van der Waals surface area (Å²) in [4.78, 5) is 0. The zero-order chi connectivity index (χ0) is 16.2. The van der Waals surface area contributed by atoms with E-state index in [4.69, 9.17) is 0 Å². The van der Waals surface area contributed by atoms with Gasteiger partial charge in [-0.1, -0.05) is 79.7 Å². The van der Waals surface area contributed by atoms with E-state index in [1.54, 1.807) is 0 Å². The average Bonchev–Trinajstić information content (AvgIpc) is 2.59. The van der Waals surface area contributed by atoms with Crippen molar-refractivity contribution in [3.05, 3.63) is 95.1 Å². The molecule has 0 aromatic heterocycles. The van der Waals surface area contributed by atoms with Crippen molar-refractivity contribution in [2.24, 2.45) is 0 Å². The molecule has 0 N–H and O–H groups in total. The topological polar surface area (TPSA) is 0 Å². The smallest absolute Gasteiger partial charge is 0.0150 e. The molecule has 0 aliphatic heterocycles. The van der Waals surface area contributed by atoms with Crippen LogP contribution in [0, 0.1) is 13.8 Å². The van der Waals surface area contributed by atoms with E-state index in [-0.39, 0.29) is 0 Å². The summed E-state index contributed by atoms with van der Waals surface area (Å²) >= 11 is 0. The molecule has 0 heterocycles. The quantitative estimate of drug-likeness (QED) is 0.529. The zero-order valence-electron chi connectivity index (χ0n) is 14.2. The Morgan fingerprint density at radius 2 is 1.35 bits per heavy atom. The summed E-state index contributed by atoms with van der Waals surface area (Å²) in [5, 5.41) is 0. The molecule has 3 aromatic rings. The first kappa shape index (κ1) is 15.6. The van der Waals surface area contributed by atoms with E-state index in [0.29, 0.717) is 5.92 Å². The van der Waals surface area contributed by atoms with Gasteiger partial charge in [0.25, 0.3) is 0 Å². The van der Waals surface area contributed by atoms with Crippen LogP contribution in [0.3, 0.4) is 0 Å². The standard InChI is InChI=1S/C23H24/c1-17-9-12-23(16-18(17)2)19(3)15-20-10-13-22(14-11-20)21-7-5-4-6-8-21/h4-14,16,19H,15H2,1-3H3. The van der Waals surface area contributed by atoms with Gasteiger partial charge in [-0.15, -0.1) is 0 Å². The second-order valence-electron chi connectivity index (χ2n) is 6.51. The summed E-state index contributed by atoms with van der Waals surface area (Å²) in [5.74, 6) is 0.539. The molecule has 0 saturated heterocycles. The van der Waals surface area contributed by atoms with E-state index in [0.717, 1.165) is 6.42 Å². The average molecular weight is 300 g/mol. The maximum absolute atomic E-state index is 2.33. The van der Waals surface area contributed by atoms with Crippen molar-refractivity contribution in [2.45, 2.75) is 33.1 Å². The van der Waals surface area contributed by atoms with Gasteiger partial charge >= 0.3 is 0 Å². The first-order chi connectivity index (χ1) is 11.1. The fourth-order valence-electron chi connectivity index (χ4n) is 3.01. The van der Waals surface area contributed by atoms with Crippen molar-refractivity contribution >= 4 is 0 Å². The van der Waals surface area contributed by atoms with E-state index < -0.39 is 0 Å². The largest absolute Gasteiger partial charge is 0.0622 e. The lowest BCUT2D eigenvalue weighted by atomic mass is 9.91. The van der Waals surface area contributed by atoms with Crippen LogP contribution in [-0.2, 0) is 6.42 Å². The molecule has 0 aliphatic carbocycles. The third-order valence-corrected chi connectivity index (χ3v) is 4.70. The Bertz CT molecular complexity index is 767. The van der Waals surface area contributed by atoms with E-state index in [1.165, 1.54) is 33.4 Å². The second-order valence-corrected chi connectivity index (χ2v) is 6.51. The fourth-order valence-corrected chi connectivity index (χ4v) is 3.01. The molecular weight excluding hydrogens is 276 g/mol. The van der Waals surface area contributed by atoms with E-state index in [1.807, 2.05) is 0 Å². The third kappa shape index (κ3) is 3.71. The maximum Gasteiger partial charge on any atom is -0.0150 e. The summed E-state index contributed by atoms with van der Waals surface area (Å²) < 4.78 is 0. The van der Waals surface area contributed by atoms with Gasteiger partial charge in [0, 0.05) is 0 Å². The van der Waals surface area contributed by atoms with Gasteiger partial charge in [-0.2, -0.15) is 0 Å². The molecule has 0 fully saturated rings. The number of rotatable bonds is 4. The highest BCUT2D eigenvalue weighted by atomic mass is 14.1. The minimum atomic E-state index is 0.539. The summed E-state index contributed by atoms with van der Waals surface area (Å²) in [7, 11) is 0. The van der Waals surface area contributed by atoms with E-state index in [9.17, 15) is 0 Å². The summed E-state index contributed by atoms with van der Waals surface area (Å²) in [6.07, 6.45) is 1.08. The van der Waals surface area contributed by atoms with E-state index in [2.05, 4.69) is 93.6 Å². The highest BCUT2D eigenvalue weighted by Gasteiger charge is 2.08. The van der Waals surface area contributed by atoms with Crippen LogP contribution in [0.2, 0.25) is 0 Å². The summed E-state index contributed by atoms with van der Waals surface area (Å²) in [6.45, 7) is 6.68. The van der Waals surface area contributed by atoms with Gasteiger partial charge in [-0.3, -0.25) is 0 Å². The lowest BCUT2D eigenvalue weighted by Gasteiger charge is -2.14. The molecule has 0 saturated carbocycles. The van der Waals surface area contributed by atoms with Gasteiger partial charge in [0.05, 0.1) is 0 Å². The SMILES string of the molecule is Cc1ccc(C(C)Cc2ccc(-c3ccccc3)cc2)cc1C. The Morgan fingerprint density at radius 3 is 2.00 bits per heavy atom. The Labute approximate surface area is 139 Å². The second kappa shape index (κ2) is 6.83. The Morgan fingerprint density at radius 1 is 0.696 bits per heavy atom. The number of hydrogen-bond donors (Lipinski definition) is 0. The lowest BCUT2D eigenvalue weighted by molar-refractivity contribution is 0.758. The zero-order valence-corrected chi connectivity index (χ0v) is 14.2. The van der Waals surface area contributed by atoms with Gasteiger partial charge in [0.2, 0.25) is 0 Å². The summed E-state index contributed by atoms with van der Waals surface area (Å²) in [6, 6.07) is 26.4. The lowest BCUT2D eigenvalue weighted by Crippen LogP contribution is -1.99. The van der Waals surface area contributed by atoms with Crippen molar-refractivity contribution in [3.8, 4) is 11.1 Å². The van der Waals surface area contributed by atoms with Crippen LogP contribution in [-0.4, -0.2) is 0 Å². The molecule has 0 aliphatic rings. The predicted molar refractivity (Wildman–Crippen MR) is 99.9 cm³/mol. The first-order valence-electron chi connectivity index (χ1n) is 8.35. The molecule has 116 valence electrons. The fraction of sp³-hybridized carbons (Fsp3) is 0.217. The maximum atomic E-state index is 2.33. The molecule has 3 aromatic carbocycles. The molecule has 0 spiro atoms. The molecule has 23 heavy (non-hydrogen) atoms. The van der Waals surface area contributed by atoms with Crippen LogP contribution >= 0.6 is 0 Å². The van der Waals surface area contributed by atoms with Gasteiger partial charge in [-0.25, -0.2) is 0 Å². The third-order valence-electron chi connectivity index (χ3n) is 4.70. The molecule has 0 heteroatoms. The summed E-state index contributed by atoms with van der Waals surface area (Å²) in [5.41, 5.74) is 8.15. The number of hydrogen-bond acceptors (Lipinski definition) is 0. The van der Waals surface area contributed by atoms with Crippen molar-refractivity contribution in [1.82, 2.24) is 0 Å². The van der Waals surface area contributed by atoms with Crippen LogP contribution in [0.25, 0.3) is 11.1 Å². The predicted octanol–water partition coefficient (Wildman–Crippen LogP) is 6.32. The van der Waals surface area contributed by atoms with Crippen LogP contribution in [0.5, 0.6) is 0 Å². The van der Waals surface area contributed by atoms with Gasteiger partial charge in [0.1, 0.15) is 0 Å². The molecule has 0 bridgehead atoms. The van der Waals surface area contributed by atoms with Crippen molar-refractivity contribution in [1.29, 1.82) is 0 Å². The van der Waals surface area contributed by atoms with Crippen LogP contribution in [0.4, 0.5) is 0 Å². The van der Waals surface area contributed by atoms with Gasteiger partial charge in [0.15, 0.2) is 0 Å². The van der Waals surface area contributed by atoms with Gasteiger partial charge in [-0.05, 0) is 59.6 Å². The molecule has 0 amide bonds. The molecule has 0 nitrogen and oxygen atoms in total. The monoisotopic (exact) mass is 300 g/mol. The Hall–Kier alpha value is -2.34. The normalized spacial score (nSPS) is 12.1. The van der Waals surface area contributed by atoms with Crippen molar-refractivity contribution in [2.75, 3.05) is 0 Å². The number of benzene rings is 3. The molecule has 1 unspecified atom stereocenters. The minimum Gasteiger partial charge on any atom is -0.0622 e. The van der Waals surface area contributed by atoms with Crippen LogP contribution in [0.1, 0.15) is 35.1 Å². The minimum absolute atomic E-state index is 0.539. The highest BCUT2D eigenvalue weighted by Crippen LogP contribution is 2.25. The van der Waals surface area contributed by atoms with E-state index >= 15 is 0 Å². The highest BCUT2D eigenvalue weighted by molar-refractivity contribution is 5.63. The Balaban J connectivity index is 1.74.